The van der Waals surface area contributed by atoms with Crippen LogP contribution in [0.1, 0.15) is 43.8 Å². The van der Waals surface area contributed by atoms with Crippen LogP contribution in [0.25, 0.3) is 0 Å². The lowest BCUT2D eigenvalue weighted by Gasteiger charge is -2.15. The third-order valence-corrected chi connectivity index (χ3v) is 4.29. The first kappa shape index (κ1) is 16.3. The van der Waals surface area contributed by atoms with Crippen LogP contribution in [0, 0.1) is 0 Å². The summed E-state index contributed by atoms with van der Waals surface area (Å²) in [6, 6.07) is 8.10. The summed E-state index contributed by atoms with van der Waals surface area (Å²) in [6.07, 6.45) is 0.850. The van der Waals surface area contributed by atoms with Gasteiger partial charge >= 0.3 is 0 Å². The second-order valence-electron chi connectivity index (χ2n) is 5.03. The van der Waals surface area contributed by atoms with Crippen molar-refractivity contribution in [1.82, 2.24) is 15.1 Å². The SMILES string of the molecule is CCc1nn(CC)c(CN[C@H](C)c2cccc(Cl)c2)c1Cl. The number of benzene rings is 1. The molecular formula is C16H21Cl2N3. The minimum absolute atomic E-state index is 0.199. The van der Waals surface area contributed by atoms with Crippen molar-refractivity contribution in [1.29, 1.82) is 0 Å². The van der Waals surface area contributed by atoms with E-state index in [0.717, 1.165) is 40.0 Å². The molecular weight excluding hydrogens is 305 g/mol. The fraction of sp³-hybridized carbons (Fsp3) is 0.438. The Hall–Kier alpha value is -1.03. The maximum absolute atomic E-state index is 6.42. The number of aryl methyl sites for hydroxylation is 2. The van der Waals surface area contributed by atoms with Gasteiger partial charge in [0.1, 0.15) is 0 Å². The largest absolute Gasteiger partial charge is 0.305 e. The van der Waals surface area contributed by atoms with E-state index in [1.807, 2.05) is 22.9 Å². The van der Waals surface area contributed by atoms with Crippen LogP contribution in [0.4, 0.5) is 0 Å². The molecule has 2 aromatic rings. The smallest absolute Gasteiger partial charge is 0.0863 e. The third kappa shape index (κ3) is 3.79. The summed E-state index contributed by atoms with van der Waals surface area (Å²) < 4.78 is 1.97. The van der Waals surface area contributed by atoms with Gasteiger partial charge in [-0.3, -0.25) is 4.68 Å². The summed E-state index contributed by atoms with van der Waals surface area (Å²) in [5, 5.41) is 9.56. The van der Waals surface area contributed by atoms with Crippen molar-refractivity contribution in [3.8, 4) is 0 Å². The average molecular weight is 326 g/mol. The van der Waals surface area contributed by atoms with Gasteiger partial charge in [-0.2, -0.15) is 5.10 Å². The lowest BCUT2D eigenvalue weighted by molar-refractivity contribution is 0.530. The molecule has 0 fully saturated rings. The van der Waals surface area contributed by atoms with Crippen LogP contribution >= 0.6 is 23.2 Å². The second kappa shape index (κ2) is 7.30. The van der Waals surface area contributed by atoms with Gasteiger partial charge in [0.15, 0.2) is 0 Å². The van der Waals surface area contributed by atoms with Crippen molar-refractivity contribution in [2.75, 3.05) is 0 Å². The summed E-state index contributed by atoms with van der Waals surface area (Å²) in [7, 11) is 0. The Morgan fingerprint density at radius 3 is 2.67 bits per heavy atom. The Morgan fingerprint density at radius 2 is 2.05 bits per heavy atom. The molecule has 5 heteroatoms. The molecule has 0 radical (unpaired) electrons. The Kier molecular flexibility index (Phi) is 5.68. The van der Waals surface area contributed by atoms with Crippen LogP contribution < -0.4 is 5.32 Å². The van der Waals surface area contributed by atoms with Crippen LogP contribution in [0.15, 0.2) is 24.3 Å². The minimum atomic E-state index is 0.199. The molecule has 21 heavy (non-hydrogen) atoms. The Bertz CT molecular complexity index is 608. The van der Waals surface area contributed by atoms with Crippen LogP contribution in [0.3, 0.4) is 0 Å². The Labute approximate surface area is 136 Å². The average Bonchev–Trinajstić information content (AvgIpc) is 2.80. The predicted molar refractivity (Wildman–Crippen MR) is 89.0 cm³/mol. The van der Waals surface area contributed by atoms with E-state index in [9.17, 15) is 0 Å². The number of nitrogens with one attached hydrogen (secondary N) is 1. The van der Waals surface area contributed by atoms with Crippen molar-refractivity contribution in [3.05, 3.63) is 51.3 Å². The van der Waals surface area contributed by atoms with Gasteiger partial charge in [-0.1, -0.05) is 42.3 Å². The number of hydrogen-bond donors (Lipinski definition) is 1. The zero-order valence-corrected chi connectivity index (χ0v) is 14.2. The summed E-state index contributed by atoms with van der Waals surface area (Å²) in [4.78, 5) is 0. The normalized spacial score (nSPS) is 12.6. The quantitative estimate of drug-likeness (QED) is 0.839. The Morgan fingerprint density at radius 1 is 1.29 bits per heavy atom. The van der Waals surface area contributed by atoms with E-state index in [-0.39, 0.29) is 6.04 Å². The highest BCUT2D eigenvalue weighted by molar-refractivity contribution is 6.32. The highest BCUT2D eigenvalue weighted by atomic mass is 35.5. The highest BCUT2D eigenvalue weighted by Gasteiger charge is 2.15. The van der Waals surface area contributed by atoms with Gasteiger partial charge in [-0.25, -0.2) is 0 Å². The van der Waals surface area contributed by atoms with Crippen LogP contribution in [-0.4, -0.2) is 9.78 Å². The lowest BCUT2D eigenvalue weighted by atomic mass is 10.1. The zero-order chi connectivity index (χ0) is 15.4. The monoisotopic (exact) mass is 325 g/mol. The maximum Gasteiger partial charge on any atom is 0.0863 e. The van der Waals surface area contributed by atoms with Gasteiger partial charge in [0.2, 0.25) is 0 Å². The summed E-state index contributed by atoms with van der Waals surface area (Å²) >= 11 is 12.5. The van der Waals surface area contributed by atoms with Crippen molar-refractivity contribution >= 4 is 23.2 Å². The molecule has 0 bridgehead atoms. The van der Waals surface area contributed by atoms with E-state index in [1.54, 1.807) is 0 Å². The molecule has 1 atom stereocenters. The van der Waals surface area contributed by atoms with Crippen molar-refractivity contribution in [2.45, 2.75) is 46.3 Å². The number of aromatic nitrogens is 2. The van der Waals surface area contributed by atoms with Crippen molar-refractivity contribution in [3.63, 3.8) is 0 Å². The number of hydrogen-bond acceptors (Lipinski definition) is 2. The van der Waals surface area contributed by atoms with E-state index in [2.05, 4.69) is 37.3 Å². The molecule has 1 heterocycles. The zero-order valence-electron chi connectivity index (χ0n) is 12.7. The molecule has 0 aliphatic rings. The van der Waals surface area contributed by atoms with Crippen molar-refractivity contribution < 1.29 is 0 Å². The molecule has 0 amide bonds. The summed E-state index contributed by atoms with van der Waals surface area (Å²) in [5.41, 5.74) is 3.17. The molecule has 0 unspecified atom stereocenters. The number of nitrogens with zero attached hydrogens (tertiary/aromatic N) is 2. The molecule has 1 aromatic heterocycles. The van der Waals surface area contributed by atoms with Gasteiger partial charge in [-0.15, -0.1) is 0 Å². The minimum Gasteiger partial charge on any atom is -0.305 e. The first-order chi connectivity index (χ1) is 10.1. The van der Waals surface area contributed by atoms with E-state index in [1.165, 1.54) is 0 Å². The first-order valence-corrected chi connectivity index (χ1v) is 8.05. The molecule has 0 aliphatic carbocycles. The maximum atomic E-state index is 6.42. The Balaban J connectivity index is 2.11. The number of halogens is 2. The molecule has 3 nitrogen and oxygen atoms in total. The highest BCUT2D eigenvalue weighted by Crippen LogP contribution is 2.23. The number of rotatable bonds is 6. The molecule has 0 aliphatic heterocycles. The van der Waals surface area contributed by atoms with Crippen molar-refractivity contribution in [2.24, 2.45) is 0 Å². The van der Waals surface area contributed by atoms with Crippen LogP contribution in [0.5, 0.6) is 0 Å². The molecule has 0 saturated carbocycles. The molecule has 1 aromatic carbocycles. The van der Waals surface area contributed by atoms with Gasteiger partial charge in [0.05, 0.1) is 16.4 Å². The van der Waals surface area contributed by atoms with Gasteiger partial charge < -0.3 is 5.32 Å². The molecule has 114 valence electrons. The van der Waals surface area contributed by atoms with Crippen LogP contribution in [0.2, 0.25) is 10.0 Å². The summed E-state index contributed by atoms with van der Waals surface area (Å²) in [5.74, 6) is 0. The third-order valence-electron chi connectivity index (χ3n) is 3.62. The molecule has 1 N–H and O–H groups in total. The van der Waals surface area contributed by atoms with E-state index >= 15 is 0 Å². The van der Waals surface area contributed by atoms with Crippen LogP contribution in [-0.2, 0) is 19.5 Å². The first-order valence-electron chi connectivity index (χ1n) is 7.29. The fourth-order valence-corrected chi connectivity index (χ4v) is 2.86. The fourth-order valence-electron chi connectivity index (χ4n) is 2.33. The van der Waals surface area contributed by atoms with Gasteiger partial charge in [-0.05, 0) is 38.0 Å². The van der Waals surface area contributed by atoms with E-state index in [4.69, 9.17) is 23.2 Å². The molecule has 2 rings (SSSR count). The van der Waals surface area contributed by atoms with E-state index in [0.29, 0.717) is 6.54 Å². The van der Waals surface area contributed by atoms with E-state index < -0.39 is 0 Å². The summed E-state index contributed by atoms with van der Waals surface area (Å²) in [6.45, 7) is 7.77. The second-order valence-corrected chi connectivity index (χ2v) is 5.85. The molecule has 0 spiro atoms. The van der Waals surface area contributed by atoms with Gasteiger partial charge in [0.25, 0.3) is 0 Å². The topological polar surface area (TPSA) is 29.9 Å². The standard InChI is InChI=1S/C16H21Cl2N3/c1-4-14-16(18)15(21(5-2)20-14)10-19-11(3)12-7-6-8-13(17)9-12/h6-9,11,19H,4-5,10H2,1-3H3/t11-/m1/s1. The molecule has 0 saturated heterocycles. The predicted octanol–water partition coefficient (Wildman–Crippen LogP) is 4.62. The lowest BCUT2D eigenvalue weighted by Crippen LogP contribution is -2.20. The van der Waals surface area contributed by atoms with Gasteiger partial charge in [0, 0.05) is 24.2 Å².